The highest BCUT2D eigenvalue weighted by Gasteiger charge is 2.24. The number of carbonyl (C=O) groups excluding carboxylic acids is 1. The number of para-hydroxylation sites is 1. The van der Waals surface area contributed by atoms with Gasteiger partial charge in [-0.2, -0.15) is 0 Å². The van der Waals surface area contributed by atoms with Crippen molar-refractivity contribution >= 4 is 23.0 Å². The van der Waals surface area contributed by atoms with Crippen LogP contribution in [-0.2, 0) is 10.2 Å². The number of hydrogen-bond donors (Lipinski definition) is 0. The Morgan fingerprint density at radius 1 is 1.04 bits per heavy atom. The highest BCUT2D eigenvalue weighted by Crippen LogP contribution is 2.36. The molecule has 2 rings (SSSR count). The summed E-state index contributed by atoms with van der Waals surface area (Å²) < 4.78 is 0. The molecule has 0 saturated heterocycles. The normalized spacial score (nSPS) is 11.1. The highest BCUT2D eigenvalue weighted by molar-refractivity contribution is 6.00. The van der Waals surface area contributed by atoms with Gasteiger partial charge in [-0.1, -0.05) is 39.0 Å². The molecule has 0 atom stereocenters. The maximum atomic E-state index is 12.2. The quantitative estimate of drug-likeness (QED) is 0.615. The average Bonchev–Trinajstić information content (AvgIpc) is 2.47. The summed E-state index contributed by atoms with van der Waals surface area (Å²) in [5, 5.41) is 10.8. The summed E-state index contributed by atoms with van der Waals surface area (Å²) in [4.78, 5) is 24.2. The number of hydrogen-bond acceptors (Lipinski definition) is 3. The van der Waals surface area contributed by atoms with Crippen LogP contribution in [0.3, 0.4) is 0 Å². The molecule has 5 heteroatoms. The maximum Gasteiger partial charge on any atom is 0.269 e. The van der Waals surface area contributed by atoms with Crippen LogP contribution >= 0.6 is 0 Å². The third-order valence-electron chi connectivity index (χ3n) is 3.59. The monoisotopic (exact) mass is 312 g/mol. The minimum atomic E-state index is -0.453. The first kappa shape index (κ1) is 16.7. The van der Waals surface area contributed by atoms with Crippen molar-refractivity contribution in [1.29, 1.82) is 0 Å². The van der Waals surface area contributed by atoms with E-state index < -0.39 is 4.92 Å². The number of nitro benzene ring substituents is 1. The topological polar surface area (TPSA) is 63.5 Å². The van der Waals surface area contributed by atoms with E-state index in [1.54, 1.807) is 17.0 Å². The molecule has 0 heterocycles. The van der Waals surface area contributed by atoms with E-state index in [2.05, 4.69) is 20.8 Å². The lowest BCUT2D eigenvalue weighted by Crippen LogP contribution is -2.26. The fourth-order valence-corrected chi connectivity index (χ4v) is 2.52. The summed E-state index contributed by atoms with van der Waals surface area (Å²) in [7, 11) is 0. The van der Waals surface area contributed by atoms with Crippen LogP contribution in [0, 0.1) is 10.1 Å². The molecule has 0 spiro atoms. The van der Waals surface area contributed by atoms with Gasteiger partial charge in [0.15, 0.2) is 0 Å². The van der Waals surface area contributed by atoms with Crippen molar-refractivity contribution in [3.63, 3.8) is 0 Å². The fraction of sp³-hybridized carbons (Fsp3) is 0.278. The summed E-state index contributed by atoms with van der Waals surface area (Å²) in [5.74, 6) is -0.143. The number of nitro groups is 1. The van der Waals surface area contributed by atoms with Crippen molar-refractivity contribution < 1.29 is 9.72 Å². The van der Waals surface area contributed by atoms with Gasteiger partial charge in [0.1, 0.15) is 0 Å². The first-order valence-corrected chi connectivity index (χ1v) is 7.36. The number of benzene rings is 2. The van der Waals surface area contributed by atoms with Gasteiger partial charge in [-0.3, -0.25) is 19.8 Å². The summed E-state index contributed by atoms with van der Waals surface area (Å²) in [6.07, 6.45) is 0. The van der Waals surface area contributed by atoms with Gasteiger partial charge in [0.05, 0.1) is 10.6 Å². The maximum absolute atomic E-state index is 12.2. The molecule has 0 aliphatic heterocycles. The second-order valence-corrected chi connectivity index (χ2v) is 6.40. The molecule has 0 unspecified atom stereocenters. The summed E-state index contributed by atoms with van der Waals surface area (Å²) in [6.45, 7) is 7.74. The lowest BCUT2D eigenvalue weighted by Gasteiger charge is -2.29. The van der Waals surface area contributed by atoms with Gasteiger partial charge in [0, 0.05) is 24.7 Å². The van der Waals surface area contributed by atoms with Gasteiger partial charge in [0.25, 0.3) is 5.69 Å². The molecule has 2 aromatic carbocycles. The van der Waals surface area contributed by atoms with E-state index in [-0.39, 0.29) is 17.0 Å². The van der Waals surface area contributed by atoms with Crippen molar-refractivity contribution in [2.45, 2.75) is 33.1 Å². The minimum absolute atomic E-state index is 0.00126. The number of nitrogens with zero attached hydrogens (tertiary/aromatic N) is 2. The largest absolute Gasteiger partial charge is 0.281 e. The molecule has 0 fully saturated rings. The van der Waals surface area contributed by atoms with E-state index in [4.69, 9.17) is 0 Å². The molecule has 1 amide bonds. The Morgan fingerprint density at radius 3 is 2.09 bits per heavy atom. The molecule has 120 valence electrons. The highest BCUT2D eigenvalue weighted by atomic mass is 16.6. The lowest BCUT2D eigenvalue weighted by atomic mass is 9.85. The molecule has 0 bridgehead atoms. The predicted molar refractivity (Wildman–Crippen MR) is 91.1 cm³/mol. The van der Waals surface area contributed by atoms with Crippen LogP contribution in [0.25, 0.3) is 0 Å². The predicted octanol–water partition coefficient (Wildman–Crippen LogP) is 4.58. The number of amides is 1. The molecular formula is C18H20N2O3. The van der Waals surface area contributed by atoms with E-state index in [1.807, 2.05) is 24.3 Å². The first-order chi connectivity index (χ1) is 10.7. The van der Waals surface area contributed by atoms with Gasteiger partial charge < -0.3 is 0 Å². The lowest BCUT2D eigenvalue weighted by molar-refractivity contribution is -0.384. The van der Waals surface area contributed by atoms with E-state index in [9.17, 15) is 14.9 Å². The third-order valence-corrected chi connectivity index (χ3v) is 3.59. The molecule has 0 N–H and O–H groups in total. The Bertz CT molecular complexity index is 731. The molecular weight excluding hydrogens is 292 g/mol. The zero-order valence-electron chi connectivity index (χ0n) is 13.7. The Hall–Kier alpha value is -2.69. The smallest absolute Gasteiger partial charge is 0.269 e. The average molecular weight is 312 g/mol. The SMILES string of the molecule is CC(=O)N(c1ccc([N+](=O)[O-])cc1)c1ccccc1C(C)(C)C. The number of carbonyl (C=O) groups is 1. The van der Waals surface area contributed by atoms with Crippen LogP contribution < -0.4 is 4.90 Å². The molecule has 0 radical (unpaired) electrons. The van der Waals surface area contributed by atoms with E-state index in [0.717, 1.165) is 11.3 Å². The van der Waals surface area contributed by atoms with Crippen molar-refractivity contribution in [2.75, 3.05) is 4.90 Å². The van der Waals surface area contributed by atoms with Crippen molar-refractivity contribution in [1.82, 2.24) is 0 Å². The van der Waals surface area contributed by atoms with Crippen molar-refractivity contribution in [2.24, 2.45) is 0 Å². The van der Waals surface area contributed by atoms with Crippen LogP contribution in [0.4, 0.5) is 17.1 Å². The second kappa shape index (κ2) is 6.20. The van der Waals surface area contributed by atoms with E-state index in [0.29, 0.717) is 5.69 Å². The summed E-state index contributed by atoms with van der Waals surface area (Å²) in [6, 6.07) is 13.7. The number of rotatable bonds is 3. The van der Waals surface area contributed by atoms with Gasteiger partial charge in [0.2, 0.25) is 5.91 Å². The number of anilines is 2. The zero-order valence-corrected chi connectivity index (χ0v) is 13.7. The molecule has 0 aliphatic carbocycles. The molecule has 2 aromatic rings. The van der Waals surface area contributed by atoms with Gasteiger partial charge >= 0.3 is 0 Å². The van der Waals surface area contributed by atoms with Gasteiger partial charge in [-0.25, -0.2) is 0 Å². The van der Waals surface area contributed by atoms with E-state index in [1.165, 1.54) is 19.1 Å². The molecule has 23 heavy (non-hydrogen) atoms. The fourth-order valence-electron chi connectivity index (χ4n) is 2.52. The summed E-state index contributed by atoms with van der Waals surface area (Å²) >= 11 is 0. The van der Waals surface area contributed by atoms with Gasteiger partial charge in [-0.05, 0) is 29.2 Å². The zero-order chi connectivity index (χ0) is 17.2. The standard InChI is InChI=1S/C18H20N2O3/c1-13(21)19(14-9-11-15(12-10-14)20(22)23)17-8-6-5-7-16(17)18(2,3)4/h5-12H,1-4H3. The van der Waals surface area contributed by atoms with Gasteiger partial charge in [-0.15, -0.1) is 0 Å². The van der Waals surface area contributed by atoms with Crippen LogP contribution in [0.2, 0.25) is 0 Å². The summed E-state index contributed by atoms with van der Waals surface area (Å²) in [5.41, 5.74) is 2.31. The van der Waals surface area contributed by atoms with Crippen molar-refractivity contribution in [3.8, 4) is 0 Å². The number of non-ortho nitro benzene ring substituents is 1. The van der Waals surface area contributed by atoms with Crippen LogP contribution in [0.1, 0.15) is 33.3 Å². The van der Waals surface area contributed by atoms with Crippen LogP contribution in [0.15, 0.2) is 48.5 Å². The van der Waals surface area contributed by atoms with Crippen molar-refractivity contribution in [3.05, 3.63) is 64.2 Å². The Morgan fingerprint density at radius 2 is 1.61 bits per heavy atom. The molecule has 0 saturated carbocycles. The first-order valence-electron chi connectivity index (χ1n) is 7.36. The molecule has 0 aliphatic rings. The Balaban J connectivity index is 2.56. The second-order valence-electron chi connectivity index (χ2n) is 6.40. The third kappa shape index (κ3) is 3.56. The van der Waals surface area contributed by atoms with E-state index >= 15 is 0 Å². The molecule has 0 aromatic heterocycles. The van der Waals surface area contributed by atoms with Crippen LogP contribution in [0.5, 0.6) is 0 Å². The molecule has 5 nitrogen and oxygen atoms in total. The van der Waals surface area contributed by atoms with Crippen LogP contribution in [-0.4, -0.2) is 10.8 Å². The minimum Gasteiger partial charge on any atom is -0.281 e. The Kier molecular flexibility index (Phi) is 4.50. The Labute approximate surface area is 135 Å².